The standard InChI is InChI=1S/C22H18BF3NO2S.K/c24-23(25,26)15-9-14(10-16(30)11-15)12-27-22(28)29-13-21-19-7-3-1-5-17(19)18-6-2-4-8-20(18)21;/h1-11,21,30H,12-13H2,(H,27,28);/q-1;+1. The zero-order valence-corrected chi connectivity index (χ0v) is 20.8. The maximum Gasteiger partial charge on any atom is 1.00 e. The van der Waals surface area contributed by atoms with Gasteiger partial charge < -0.3 is 23.0 Å². The summed E-state index contributed by atoms with van der Waals surface area (Å²) in [5.74, 6) is -0.0801. The van der Waals surface area contributed by atoms with Crippen LogP contribution in [0.1, 0.15) is 22.6 Å². The second kappa shape index (κ2) is 10.1. The number of amides is 1. The number of ether oxygens (including phenoxy) is 1. The molecule has 0 aromatic heterocycles. The zero-order chi connectivity index (χ0) is 21.3. The first-order chi connectivity index (χ1) is 14.3. The van der Waals surface area contributed by atoms with Gasteiger partial charge in [0.05, 0.1) is 0 Å². The molecule has 0 saturated carbocycles. The Morgan fingerprint density at radius 1 is 0.968 bits per heavy atom. The van der Waals surface area contributed by atoms with Crippen molar-refractivity contribution in [1.82, 2.24) is 5.32 Å². The fourth-order valence-corrected chi connectivity index (χ4v) is 4.13. The van der Waals surface area contributed by atoms with Crippen molar-refractivity contribution in [3.8, 4) is 11.1 Å². The SMILES string of the molecule is O=C(NCc1cc(S)cc([B-](F)(F)F)c1)OCC1c2ccccc2-c2ccccc21.[K+]. The number of rotatable bonds is 5. The molecule has 3 nitrogen and oxygen atoms in total. The summed E-state index contributed by atoms with van der Waals surface area (Å²) in [6, 6.07) is 19.4. The molecule has 0 radical (unpaired) electrons. The number of fused-ring (bicyclic) bond motifs is 3. The summed E-state index contributed by atoms with van der Waals surface area (Å²) in [5, 5.41) is 2.52. The van der Waals surface area contributed by atoms with Crippen LogP contribution in [0.15, 0.2) is 71.6 Å². The zero-order valence-electron chi connectivity index (χ0n) is 16.8. The normalized spacial score (nSPS) is 12.5. The van der Waals surface area contributed by atoms with Crippen LogP contribution in [-0.2, 0) is 11.3 Å². The van der Waals surface area contributed by atoms with E-state index in [0.717, 1.165) is 34.4 Å². The molecule has 1 aliphatic rings. The third-order valence-electron chi connectivity index (χ3n) is 5.16. The van der Waals surface area contributed by atoms with Crippen LogP contribution in [0.4, 0.5) is 17.7 Å². The van der Waals surface area contributed by atoms with Gasteiger partial charge in [0.25, 0.3) is 0 Å². The van der Waals surface area contributed by atoms with E-state index in [2.05, 4.69) is 17.9 Å². The molecule has 0 bridgehead atoms. The number of thiol groups is 1. The molecule has 4 rings (SSSR count). The molecule has 3 aromatic rings. The number of benzene rings is 3. The molecule has 154 valence electrons. The minimum absolute atomic E-state index is 0. The molecule has 0 atom stereocenters. The predicted octanol–water partition coefficient (Wildman–Crippen LogP) is 2.07. The Labute approximate surface area is 226 Å². The molecule has 9 heteroatoms. The minimum atomic E-state index is -5.14. The minimum Gasteiger partial charge on any atom is -0.449 e. The molecule has 31 heavy (non-hydrogen) atoms. The van der Waals surface area contributed by atoms with Crippen LogP contribution in [0.25, 0.3) is 11.1 Å². The van der Waals surface area contributed by atoms with Crippen molar-refractivity contribution in [3.05, 3.63) is 83.4 Å². The number of hydrogen-bond donors (Lipinski definition) is 2. The third kappa shape index (κ3) is 5.58. The van der Waals surface area contributed by atoms with Crippen molar-refractivity contribution >= 4 is 31.2 Å². The van der Waals surface area contributed by atoms with Crippen LogP contribution < -0.4 is 62.2 Å². The summed E-state index contributed by atoms with van der Waals surface area (Å²) in [7, 11) is 0. The van der Waals surface area contributed by atoms with Crippen LogP contribution in [-0.4, -0.2) is 19.7 Å². The van der Waals surface area contributed by atoms with Crippen molar-refractivity contribution in [2.24, 2.45) is 0 Å². The van der Waals surface area contributed by atoms with Gasteiger partial charge in [0.2, 0.25) is 0 Å². The summed E-state index contributed by atoms with van der Waals surface area (Å²) >= 11 is 4.02. The second-order valence-corrected chi connectivity index (χ2v) is 7.70. The molecule has 1 N–H and O–H groups in total. The molecule has 0 saturated heterocycles. The summed E-state index contributed by atoms with van der Waals surface area (Å²) in [5.41, 5.74) is 3.98. The van der Waals surface area contributed by atoms with Gasteiger partial charge in [-0.25, -0.2) is 4.79 Å². The summed E-state index contributed by atoms with van der Waals surface area (Å²) in [6.45, 7) is -5.07. The van der Waals surface area contributed by atoms with E-state index in [9.17, 15) is 17.7 Å². The average Bonchev–Trinajstić information content (AvgIpc) is 3.03. The van der Waals surface area contributed by atoms with Gasteiger partial charge in [-0.15, -0.1) is 18.1 Å². The fraction of sp³-hybridized carbons (Fsp3) is 0.136. The Kier molecular flexibility index (Phi) is 7.99. The van der Waals surface area contributed by atoms with E-state index in [4.69, 9.17) is 4.74 Å². The number of alkyl carbamates (subject to hydrolysis) is 1. The maximum atomic E-state index is 13.0. The van der Waals surface area contributed by atoms with Gasteiger partial charge in [0.15, 0.2) is 0 Å². The van der Waals surface area contributed by atoms with Gasteiger partial charge in [0.1, 0.15) is 6.61 Å². The van der Waals surface area contributed by atoms with Crippen LogP contribution >= 0.6 is 12.6 Å². The van der Waals surface area contributed by atoms with Crippen molar-refractivity contribution < 1.29 is 73.9 Å². The van der Waals surface area contributed by atoms with Gasteiger partial charge in [-0.2, -0.15) is 0 Å². The van der Waals surface area contributed by atoms with Crippen molar-refractivity contribution in [2.75, 3.05) is 6.61 Å². The topological polar surface area (TPSA) is 38.3 Å². The molecular formula is C22H18BF3KNO2S. The largest absolute Gasteiger partial charge is 1.00 e. The quantitative estimate of drug-likeness (QED) is 0.446. The summed E-state index contributed by atoms with van der Waals surface area (Å²) in [6.07, 6.45) is -0.680. The van der Waals surface area contributed by atoms with E-state index >= 15 is 0 Å². The molecule has 1 amide bonds. The van der Waals surface area contributed by atoms with Crippen LogP contribution in [0.5, 0.6) is 0 Å². The number of carbonyl (C=O) groups is 1. The van der Waals surface area contributed by atoms with E-state index in [-0.39, 0.29) is 75.3 Å². The molecule has 0 spiro atoms. The summed E-state index contributed by atoms with van der Waals surface area (Å²) < 4.78 is 44.4. The molecular weight excluding hydrogens is 449 g/mol. The second-order valence-electron chi connectivity index (χ2n) is 7.19. The predicted molar refractivity (Wildman–Crippen MR) is 114 cm³/mol. The average molecular weight is 467 g/mol. The van der Waals surface area contributed by atoms with E-state index in [1.807, 2.05) is 48.5 Å². The number of nitrogens with one attached hydrogen (secondary N) is 1. The van der Waals surface area contributed by atoms with Crippen LogP contribution in [0, 0.1) is 0 Å². The Balaban J connectivity index is 0.00000272. The van der Waals surface area contributed by atoms with Crippen LogP contribution in [0.2, 0.25) is 0 Å². The Morgan fingerprint density at radius 2 is 1.55 bits per heavy atom. The van der Waals surface area contributed by atoms with Crippen molar-refractivity contribution in [1.29, 1.82) is 0 Å². The van der Waals surface area contributed by atoms with E-state index in [1.54, 1.807) is 0 Å². The van der Waals surface area contributed by atoms with E-state index in [1.165, 1.54) is 6.07 Å². The number of carbonyl (C=O) groups excluding carboxylic acids is 1. The van der Waals surface area contributed by atoms with Gasteiger partial charge in [-0.05, 0) is 33.9 Å². The molecule has 3 aromatic carbocycles. The van der Waals surface area contributed by atoms with Gasteiger partial charge in [-0.1, -0.05) is 60.7 Å². The van der Waals surface area contributed by atoms with Gasteiger partial charge in [0, 0.05) is 17.4 Å². The van der Waals surface area contributed by atoms with E-state index in [0.29, 0.717) is 5.56 Å². The first-order valence-electron chi connectivity index (χ1n) is 9.44. The van der Waals surface area contributed by atoms with Gasteiger partial charge >= 0.3 is 64.5 Å². The van der Waals surface area contributed by atoms with Crippen LogP contribution in [0.3, 0.4) is 0 Å². The fourth-order valence-electron chi connectivity index (χ4n) is 3.81. The van der Waals surface area contributed by atoms with Gasteiger partial charge in [-0.3, -0.25) is 0 Å². The van der Waals surface area contributed by atoms with Crippen molar-refractivity contribution in [3.63, 3.8) is 0 Å². The molecule has 1 aliphatic carbocycles. The van der Waals surface area contributed by atoms with E-state index < -0.39 is 18.5 Å². The number of hydrogen-bond acceptors (Lipinski definition) is 3. The maximum absolute atomic E-state index is 13.0. The molecule has 0 heterocycles. The molecule has 0 aliphatic heterocycles. The molecule has 0 unspecified atom stereocenters. The smallest absolute Gasteiger partial charge is 0.449 e. The summed E-state index contributed by atoms with van der Waals surface area (Å²) in [4.78, 5) is 12.4. The Bertz CT molecular complexity index is 1060. The first-order valence-corrected chi connectivity index (χ1v) is 9.89. The first kappa shape index (κ1) is 24.4. The molecule has 0 fully saturated rings. The third-order valence-corrected chi connectivity index (χ3v) is 5.42. The monoisotopic (exact) mass is 467 g/mol. The Morgan fingerprint density at radius 3 is 2.13 bits per heavy atom. The Hall–Kier alpha value is -1.23. The van der Waals surface area contributed by atoms with Crippen molar-refractivity contribution in [2.45, 2.75) is 17.4 Å². The number of halogens is 3.